The zero-order chi connectivity index (χ0) is 11.4. The molecule has 0 aromatic heterocycles. The molecule has 0 fully saturated rings. The number of nitrogens with two attached hydrogens (primary N) is 1. The molecule has 4 nitrogen and oxygen atoms in total. The Balaban J connectivity index is 2.69. The highest BCUT2D eigenvalue weighted by Gasteiger charge is 2.04. The number of rotatable bonds is 2. The number of urea groups is 1. The summed E-state index contributed by atoms with van der Waals surface area (Å²) >= 11 is 11.5. The van der Waals surface area contributed by atoms with Gasteiger partial charge in [-0.1, -0.05) is 29.3 Å². The summed E-state index contributed by atoms with van der Waals surface area (Å²) in [6, 6.07) is 4.25. The minimum absolute atomic E-state index is 0.0147. The predicted octanol–water partition coefficient (Wildman–Crippen LogP) is 2.18. The summed E-state index contributed by atoms with van der Waals surface area (Å²) in [4.78, 5) is 10.4. The zero-order valence-corrected chi connectivity index (χ0v) is 9.19. The Morgan fingerprint density at radius 3 is 2.60 bits per heavy atom. The van der Waals surface area contributed by atoms with Crippen molar-refractivity contribution in [1.82, 2.24) is 5.32 Å². The van der Waals surface area contributed by atoms with E-state index >= 15 is 0 Å². The number of amides is 2. The number of hydrogen-bond acceptors (Lipinski definition) is 2. The Morgan fingerprint density at radius 2 is 2.07 bits per heavy atom. The Hall–Kier alpha value is -1.26. The summed E-state index contributed by atoms with van der Waals surface area (Å²) in [5, 5.41) is 10.4. The molecular weight excluding hydrogens is 237 g/mol. The molecule has 4 N–H and O–H groups in total. The lowest BCUT2D eigenvalue weighted by Gasteiger charge is -2.05. The van der Waals surface area contributed by atoms with Crippen LogP contribution in [0.25, 0.3) is 0 Å². The van der Waals surface area contributed by atoms with E-state index in [0.29, 0.717) is 10.0 Å². The molecule has 0 radical (unpaired) electrons. The SMILES string of the molecule is N=C(Cc1ccc(Cl)c(Cl)c1)NC(N)=O. The molecule has 15 heavy (non-hydrogen) atoms. The maximum Gasteiger partial charge on any atom is 0.317 e. The van der Waals surface area contributed by atoms with Crippen molar-refractivity contribution >= 4 is 35.1 Å². The fraction of sp³-hybridized carbons (Fsp3) is 0.111. The van der Waals surface area contributed by atoms with E-state index in [1.165, 1.54) is 0 Å². The number of amidine groups is 1. The van der Waals surface area contributed by atoms with Gasteiger partial charge in [-0.3, -0.25) is 10.7 Å². The highest BCUT2D eigenvalue weighted by Crippen LogP contribution is 2.22. The maximum atomic E-state index is 10.4. The number of carbonyl (C=O) groups excluding carboxylic acids is 1. The number of benzene rings is 1. The Kier molecular flexibility index (Phi) is 3.94. The normalized spacial score (nSPS) is 9.73. The van der Waals surface area contributed by atoms with E-state index in [1.807, 2.05) is 0 Å². The van der Waals surface area contributed by atoms with Crippen LogP contribution >= 0.6 is 23.2 Å². The van der Waals surface area contributed by atoms with Gasteiger partial charge in [-0.05, 0) is 17.7 Å². The van der Waals surface area contributed by atoms with Gasteiger partial charge in [0.2, 0.25) is 0 Å². The molecule has 0 aliphatic carbocycles. The monoisotopic (exact) mass is 245 g/mol. The van der Waals surface area contributed by atoms with Crippen LogP contribution in [0.2, 0.25) is 10.0 Å². The number of hydrogen-bond donors (Lipinski definition) is 3. The molecule has 0 atom stereocenters. The van der Waals surface area contributed by atoms with Crippen molar-refractivity contribution in [3.8, 4) is 0 Å². The van der Waals surface area contributed by atoms with Crippen LogP contribution in [0.1, 0.15) is 5.56 Å². The minimum atomic E-state index is -0.750. The summed E-state index contributed by atoms with van der Waals surface area (Å²) in [7, 11) is 0. The van der Waals surface area contributed by atoms with Gasteiger partial charge in [-0.25, -0.2) is 4.79 Å². The first-order valence-electron chi connectivity index (χ1n) is 4.07. The van der Waals surface area contributed by atoms with Crippen molar-refractivity contribution in [3.05, 3.63) is 33.8 Å². The Morgan fingerprint density at radius 1 is 1.40 bits per heavy atom. The lowest BCUT2D eigenvalue weighted by atomic mass is 10.1. The van der Waals surface area contributed by atoms with Crippen molar-refractivity contribution in [2.45, 2.75) is 6.42 Å². The standard InChI is InChI=1S/C9H9Cl2N3O/c10-6-2-1-5(3-7(6)11)4-8(12)14-9(13)15/h1-3H,4H2,(H4,12,13,14,15). The quantitative estimate of drug-likeness (QED) is 0.542. The van der Waals surface area contributed by atoms with Gasteiger partial charge in [-0.2, -0.15) is 0 Å². The van der Waals surface area contributed by atoms with Gasteiger partial charge >= 0.3 is 6.03 Å². The van der Waals surface area contributed by atoms with Crippen molar-refractivity contribution in [2.75, 3.05) is 0 Å². The molecule has 0 saturated carbocycles. The van der Waals surface area contributed by atoms with Crippen LogP contribution in [0, 0.1) is 5.41 Å². The summed E-state index contributed by atoms with van der Waals surface area (Å²) in [5.74, 6) is 0.0147. The van der Waals surface area contributed by atoms with Crippen LogP contribution in [0.15, 0.2) is 18.2 Å². The lowest BCUT2D eigenvalue weighted by molar-refractivity contribution is 0.253. The second-order valence-electron chi connectivity index (χ2n) is 2.89. The molecule has 0 aliphatic heterocycles. The number of nitrogens with one attached hydrogen (secondary N) is 2. The van der Waals surface area contributed by atoms with Gasteiger partial charge in [0.1, 0.15) is 5.84 Å². The largest absolute Gasteiger partial charge is 0.351 e. The minimum Gasteiger partial charge on any atom is -0.351 e. The summed E-state index contributed by atoms with van der Waals surface area (Å²) < 4.78 is 0. The van der Waals surface area contributed by atoms with Gasteiger partial charge in [0.05, 0.1) is 10.0 Å². The van der Waals surface area contributed by atoms with Gasteiger partial charge in [0.25, 0.3) is 0 Å². The number of primary amides is 1. The highest BCUT2D eigenvalue weighted by molar-refractivity contribution is 6.42. The molecule has 0 aliphatic rings. The van der Waals surface area contributed by atoms with Crippen molar-refractivity contribution < 1.29 is 4.79 Å². The molecule has 80 valence electrons. The van der Waals surface area contributed by atoms with Crippen molar-refractivity contribution in [2.24, 2.45) is 5.73 Å². The summed E-state index contributed by atoms with van der Waals surface area (Å²) in [5.41, 5.74) is 5.64. The molecule has 6 heteroatoms. The van der Waals surface area contributed by atoms with Gasteiger partial charge in [0, 0.05) is 6.42 Å². The highest BCUT2D eigenvalue weighted by atomic mass is 35.5. The average Bonchev–Trinajstić information content (AvgIpc) is 2.10. The second-order valence-corrected chi connectivity index (χ2v) is 3.71. The van der Waals surface area contributed by atoms with Gasteiger partial charge in [0.15, 0.2) is 0 Å². The molecule has 1 aromatic rings. The van der Waals surface area contributed by atoms with Crippen molar-refractivity contribution in [3.63, 3.8) is 0 Å². The summed E-state index contributed by atoms with van der Waals surface area (Å²) in [6.45, 7) is 0. The second kappa shape index (κ2) is 5.00. The predicted molar refractivity (Wildman–Crippen MR) is 60.6 cm³/mol. The van der Waals surface area contributed by atoms with E-state index in [-0.39, 0.29) is 12.3 Å². The smallest absolute Gasteiger partial charge is 0.317 e. The van der Waals surface area contributed by atoms with Gasteiger partial charge < -0.3 is 5.73 Å². The first kappa shape index (κ1) is 11.8. The lowest BCUT2D eigenvalue weighted by Crippen LogP contribution is -2.35. The van der Waals surface area contributed by atoms with Crippen molar-refractivity contribution in [1.29, 1.82) is 5.41 Å². The third-order valence-corrected chi connectivity index (χ3v) is 2.38. The number of carbonyl (C=O) groups is 1. The van der Waals surface area contributed by atoms with E-state index in [2.05, 4.69) is 5.32 Å². The first-order chi connectivity index (χ1) is 6.99. The topological polar surface area (TPSA) is 79.0 Å². The fourth-order valence-electron chi connectivity index (χ4n) is 1.05. The molecule has 0 unspecified atom stereocenters. The maximum absolute atomic E-state index is 10.4. The van der Waals surface area contributed by atoms with Crippen LogP contribution in [0.5, 0.6) is 0 Å². The van der Waals surface area contributed by atoms with Crippen LogP contribution in [-0.2, 0) is 6.42 Å². The van der Waals surface area contributed by atoms with Crippen LogP contribution < -0.4 is 11.1 Å². The van der Waals surface area contributed by atoms with E-state index in [1.54, 1.807) is 18.2 Å². The fourth-order valence-corrected chi connectivity index (χ4v) is 1.37. The third-order valence-electron chi connectivity index (χ3n) is 1.64. The van der Waals surface area contributed by atoms with Crippen LogP contribution in [0.3, 0.4) is 0 Å². The molecule has 2 amide bonds. The first-order valence-corrected chi connectivity index (χ1v) is 4.82. The van der Waals surface area contributed by atoms with E-state index in [4.69, 9.17) is 34.3 Å². The molecule has 0 spiro atoms. The molecular formula is C9H9Cl2N3O. The molecule has 1 aromatic carbocycles. The van der Waals surface area contributed by atoms with Gasteiger partial charge in [-0.15, -0.1) is 0 Å². The number of halogens is 2. The third kappa shape index (κ3) is 3.77. The van der Waals surface area contributed by atoms with E-state index < -0.39 is 6.03 Å². The average molecular weight is 246 g/mol. The van der Waals surface area contributed by atoms with E-state index in [9.17, 15) is 4.79 Å². The van der Waals surface area contributed by atoms with E-state index in [0.717, 1.165) is 5.56 Å². The molecule has 0 saturated heterocycles. The van der Waals surface area contributed by atoms with Crippen LogP contribution in [0.4, 0.5) is 4.79 Å². The molecule has 1 rings (SSSR count). The zero-order valence-electron chi connectivity index (χ0n) is 7.68. The Labute approximate surface area is 96.9 Å². The summed E-state index contributed by atoms with van der Waals surface area (Å²) in [6.07, 6.45) is 0.250. The Bertz CT molecular complexity index is 406. The van der Waals surface area contributed by atoms with Crippen LogP contribution in [-0.4, -0.2) is 11.9 Å². The molecule has 0 heterocycles. The molecule has 0 bridgehead atoms.